The summed E-state index contributed by atoms with van der Waals surface area (Å²) in [5, 5.41) is 11.5. The highest BCUT2D eigenvalue weighted by atomic mass is 79.9. The number of halogens is 1. The van der Waals surface area contributed by atoms with E-state index >= 15 is 0 Å². The molecule has 3 aromatic rings. The quantitative estimate of drug-likeness (QED) is 0.450. The van der Waals surface area contributed by atoms with E-state index in [0.717, 1.165) is 6.33 Å². The van der Waals surface area contributed by atoms with E-state index in [0.29, 0.717) is 10.0 Å². The Hall–Kier alpha value is -3.60. The lowest BCUT2D eigenvalue weighted by Gasteiger charge is -2.10. The number of amides is 1. The maximum Gasteiger partial charge on any atom is 0.374 e. The van der Waals surface area contributed by atoms with Gasteiger partial charge >= 0.3 is 11.6 Å². The molecule has 0 bridgehead atoms. The molecule has 0 aliphatic heterocycles. The summed E-state index contributed by atoms with van der Waals surface area (Å²) in [4.78, 5) is 34.5. The van der Waals surface area contributed by atoms with Crippen molar-refractivity contribution in [1.82, 2.24) is 20.4 Å². The molecule has 0 unspecified atom stereocenters. The van der Waals surface area contributed by atoms with E-state index in [2.05, 4.69) is 41.7 Å². The molecule has 1 amide bonds. The predicted octanol–water partition coefficient (Wildman–Crippen LogP) is 3.09. The third kappa shape index (κ3) is 4.33. The third-order valence-electron chi connectivity index (χ3n) is 3.23. The average Bonchev–Trinajstić information content (AvgIpc) is 2.67. The van der Waals surface area contributed by atoms with Crippen molar-refractivity contribution in [3.8, 4) is 11.6 Å². The second-order valence-corrected chi connectivity index (χ2v) is 5.84. The molecule has 0 fully saturated rings. The highest BCUT2D eigenvalue weighted by Crippen LogP contribution is 2.33. The molecule has 0 saturated carbocycles. The van der Waals surface area contributed by atoms with Gasteiger partial charge in [0, 0.05) is 10.7 Å². The molecule has 1 aromatic carbocycles. The first-order chi connectivity index (χ1) is 13.1. The van der Waals surface area contributed by atoms with Gasteiger partial charge in [0.05, 0.1) is 16.7 Å². The van der Waals surface area contributed by atoms with Gasteiger partial charge in [0.25, 0.3) is 5.91 Å². The Kier molecular flexibility index (Phi) is 5.52. The minimum Gasteiger partial charge on any atom is -0.432 e. The number of hydrazine groups is 1. The molecule has 10 nitrogen and oxygen atoms in total. The minimum atomic E-state index is -0.710. The van der Waals surface area contributed by atoms with E-state index in [1.165, 1.54) is 12.4 Å². The van der Waals surface area contributed by atoms with Gasteiger partial charge in [0.1, 0.15) is 12.1 Å². The molecule has 11 heteroatoms. The number of carbonyl (C=O) groups excluding carboxylic acids is 1. The first-order valence-electron chi connectivity index (χ1n) is 7.44. The predicted molar refractivity (Wildman–Crippen MR) is 98.2 cm³/mol. The molecule has 0 aliphatic carbocycles. The minimum absolute atomic E-state index is 0.228. The second-order valence-electron chi connectivity index (χ2n) is 4.98. The number of carbonyl (C=O) groups is 1. The largest absolute Gasteiger partial charge is 0.432 e. The van der Waals surface area contributed by atoms with Gasteiger partial charge in [-0.05, 0) is 40.2 Å². The Labute approximate surface area is 160 Å². The summed E-state index contributed by atoms with van der Waals surface area (Å²) in [7, 11) is 0. The third-order valence-corrected chi connectivity index (χ3v) is 3.92. The first kappa shape index (κ1) is 18.2. The van der Waals surface area contributed by atoms with Gasteiger partial charge in [-0.15, -0.1) is 0 Å². The monoisotopic (exact) mass is 430 g/mol. The molecule has 136 valence electrons. The zero-order valence-corrected chi connectivity index (χ0v) is 15.1. The Morgan fingerprint density at radius 3 is 2.70 bits per heavy atom. The van der Waals surface area contributed by atoms with Gasteiger partial charge in [-0.3, -0.25) is 30.7 Å². The average molecular weight is 431 g/mol. The SMILES string of the molecule is O=C(NNc1ncnc(Oc2cccnc2)c1[N+](=O)[O-])c1ccccc1Br. The van der Waals surface area contributed by atoms with Crippen LogP contribution in [0.4, 0.5) is 11.5 Å². The Balaban J connectivity index is 1.83. The van der Waals surface area contributed by atoms with Crippen LogP contribution in [0.15, 0.2) is 59.6 Å². The van der Waals surface area contributed by atoms with Crippen LogP contribution in [0, 0.1) is 10.1 Å². The number of nitrogens with zero attached hydrogens (tertiary/aromatic N) is 4. The van der Waals surface area contributed by atoms with Crippen LogP contribution >= 0.6 is 15.9 Å². The molecule has 2 heterocycles. The number of nitro groups is 1. The maximum atomic E-state index is 12.2. The van der Waals surface area contributed by atoms with Crippen LogP contribution in [0.25, 0.3) is 0 Å². The maximum absolute atomic E-state index is 12.2. The standard InChI is InChI=1S/C16H11BrN6O4/c17-12-6-2-1-5-11(12)15(24)22-21-14-13(23(25)26)16(20-9-19-14)27-10-4-3-7-18-8-10/h1-9H,(H,22,24)(H,19,20,21). The van der Waals surface area contributed by atoms with E-state index in [1.807, 2.05) is 0 Å². The van der Waals surface area contributed by atoms with Gasteiger partial charge < -0.3 is 4.74 Å². The number of pyridine rings is 1. The van der Waals surface area contributed by atoms with Crippen LogP contribution < -0.4 is 15.6 Å². The molecule has 0 atom stereocenters. The van der Waals surface area contributed by atoms with E-state index in [1.54, 1.807) is 36.4 Å². The fourth-order valence-corrected chi connectivity index (χ4v) is 2.51. The highest BCUT2D eigenvalue weighted by Gasteiger charge is 2.25. The number of hydrogen-bond donors (Lipinski definition) is 2. The molecule has 0 radical (unpaired) electrons. The summed E-state index contributed by atoms with van der Waals surface area (Å²) in [6.07, 6.45) is 3.99. The number of hydrogen-bond acceptors (Lipinski definition) is 8. The summed E-state index contributed by atoms with van der Waals surface area (Å²) in [6, 6.07) is 9.91. The van der Waals surface area contributed by atoms with Crippen molar-refractivity contribution >= 4 is 33.3 Å². The van der Waals surface area contributed by atoms with Crippen molar-refractivity contribution in [2.75, 3.05) is 5.43 Å². The van der Waals surface area contributed by atoms with Crippen LogP contribution in [0.5, 0.6) is 11.6 Å². The lowest BCUT2D eigenvalue weighted by atomic mass is 10.2. The van der Waals surface area contributed by atoms with Crippen molar-refractivity contribution in [3.05, 3.63) is 75.3 Å². The van der Waals surface area contributed by atoms with Crippen molar-refractivity contribution in [1.29, 1.82) is 0 Å². The van der Waals surface area contributed by atoms with E-state index in [-0.39, 0.29) is 17.4 Å². The van der Waals surface area contributed by atoms with Gasteiger partial charge in [0.15, 0.2) is 0 Å². The van der Waals surface area contributed by atoms with Crippen molar-refractivity contribution in [2.24, 2.45) is 0 Å². The lowest BCUT2D eigenvalue weighted by molar-refractivity contribution is -0.385. The molecule has 27 heavy (non-hydrogen) atoms. The summed E-state index contributed by atoms with van der Waals surface area (Å²) < 4.78 is 5.98. The van der Waals surface area contributed by atoms with Gasteiger partial charge in [-0.25, -0.2) is 4.98 Å². The summed E-state index contributed by atoms with van der Waals surface area (Å²) in [6.45, 7) is 0. The van der Waals surface area contributed by atoms with Gasteiger partial charge in [0.2, 0.25) is 5.82 Å². The van der Waals surface area contributed by atoms with E-state index in [9.17, 15) is 14.9 Å². The molecule has 2 N–H and O–H groups in total. The summed E-state index contributed by atoms with van der Waals surface area (Å²) in [5.74, 6) is -0.762. The van der Waals surface area contributed by atoms with Crippen LogP contribution in [-0.2, 0) is 0 Å². The summed E-state index contributed by atoms with van der Waals surface area (Å²) >= 11 is 3.26. The molecule has 2 aromatic heterocycles. The smallest absolute Gasteiger partial charge is 0.374 e. The molecule has 3 rings (SSSR count). The molecule has 0 aliphatic rings. The normalized spacial score (nSPS) is 10.1. The molecular weight excluding hydrogens is 420 g/mol. The Morgan fingerprint density at radius 1 is 1.19 bits per heavy atom. The fourth-order valence-electron chi connectivity index (χ4n) is 2.04. The number of rotatable bonds is 6. The highest BCUT2D eigenvalue weighted by molar-refractivity contribution is 9.10. The van der Waals surface area contributed by atoms with Crippen LogP contribution in [0.1, 0.15) is 10.4 Å². The van der Waals surface area contributed by atoms with Crippen molar-refractivity contribution < 1.29 is 14.5 Å². The number of nitrogens with one attached hydrogen (secondary N) is 2. The van der Waals surface area contributed by atoms with Crippen molar-refractivity contribution in [2.45, 2.75) is 0 Å². The number of anilines is 1. The fraction of sp³-hybridized carbons (Fsp3) is 0. The van der Waals surface area contributed by atoms with Gasteiger partial charge in [-0.1, -0.05) is 12.1 Å². The topological polar surface area (TPSA) is 132 Å². The zero-order chi connectivity index (χ0) is 19.2. The number of benzene rings is 1. The first-order valence-corrected chi connectivity index (χ1v) is 8.23. The van der Waals surface area contributed by atoms with Gasteiger partial charge in [-0.2, -0.15) is 4.98 Å². The zero-order valence-electron chi connectivity index (χ0n) is 13.5. The lowest BCUT2D eigenvalue weighted by Crippen LogP contribution is -2.30. The van der Waals surface area contributed by atoms with Crippen LogP contribution in [-0.4, -0.2) is 25.8 Å². The molecular formula is C16H11BrN6O4. The number of aromatic nitrogens is 3. The Bertz CT molecular complexity index is 986. The molecule has 0 saturated heterocycles. The van der Waals surface area contributed by atoms with E-state index in [4.69, 9.17) is 4.74 Å². The van der Waals surface area contributed by atoms with Crippen LogP contribution in [0.3, 0.4) is 0 Å². The summed E-state index contributed by atoms with van der Waals surface area (Å²) in [5.41, 5.74) is 4.61. The Morgan fingerprint density at radius 2 is 2.00 bits per heavy atom. The molecule has 0 spiro atoms. The van der Waals surface area contributed by atoms with Crippen molar-refractivity contribution in [3.63, 3.8) is 0 Å². The number of ether oxygens (including phenoxy) is 1. The van der Waals surface area contributed by atoms with E-state index < -0.39 is 16.5 Å². The second kappa shape index (κ2) is 8.19. The van der Waals surface area contributed by atoms with Crippen LogP contribution in [0.2, 0.25) is 0 Å².